The van der Waals surface area contributed by atoms with Crippen LogP contribution in [0.2, 0.25) is 0 Å². The smallest absolute Gasteiger partial charge is 0.211 e. The van der Waals surface area contributed by atoms with E-state index in [1.54, 1.807) is 0 Å². The zero-order valence-corrected chi connectivity index (χ0v) is 8.79. The van der Waals surface area contributed by atoms with E-state index in [4.69, 9.17) is 4.42 Å². The molecule has 0 aromatic carbocycles. The third kappa shape index (κ3) is 1.81. The molecule has 0 aliphatic carbocycles. The van der Waals surface area contributed by atoms with Gasteiger partial charge in [0.25, 0.3) is 0 Å². The molecule has 0 amide bonds. The third-order valence-corrected chi connectivity index (χ3v) is 2.73. The second kappa shape index (κ2) is 4.11. The minimum absolute atomic E-state index is 0.389. The number of nitrogens with one attached hydrogen (secondary N) is 1. The molecule has 2 rings (SSSR count). The van der Waals surface area contributed by atoms with Crippen molar-refractivity contribution in [3.8, 4) is 0 Å². The molecule has 0 saturated carbocycles. The fraction of sp³-hybridized carbons (Fsp3) is 0.700. The summed E-state index contributed by atoms with van der Waals surface area (Å²) in [7, 11) is 4.03. The van der Waals surface area contributed by atoms with Crippen LogP contribution in [0.15, 0.2) is 10.6 Å². The average molecular weight is 195 g/mol. The lowest BCUT2D eigenvalue weighted by molar-refractivity contribution is 0.262. The van der Waals surface area contributed by atoms with Crippen LogP contribution >= 0.6 is 0 Å². The second-order valence-corrected chi connectivity index (χ2v) is 3.83. The molecule has 1 fully saturated rings. The molecule has 1 saturated heterocycles. The molecule has 1 aromatic rings. The van der Waals surface area contributed by atoms with Crippen molar-refractivity contribution in [2.24, 2.45) is 0 Å². The topological polar surface area (TPSA) is 41.3 Å². The Labute approximate surface area is 84.3 Å². The monoisotopic (exact) mass is 195 g/mol. The first-order chi connectivity index (χ1) is 6.81. The van der Waals surface area contributed by atoms with E-state index in [-0.39, 0.29) is 0 Å². The molecule has 1 N–H and O–H groups in total. The first-order valence-corrected chi connectivity index (χ1v) is 5.10. The van der Waals surface area contributed by atoms with Gasteiger partial charge in [-0.15, -0.1) is 0 Å². The molecule has 0 radical (unpaired) electrons. The van der Waals surface area contributed by atoms with Gasteiger partial charge in [0.15, 0.2) is 0 Å². The van der Waals surface area contributed by atoms with Gasteiger partial charge < -0.3 is 9.73 Å². The number of rotatable bonds is 3. The minimum atomic E-state index is 0.389. The molecular formula is C10H17N3O. The van der Waals surface area contributed by atoms with Crippen molar-refractivity contribution in [1.82, 2.24) is 15.2 Å². The van der Waals surface area contributed by atoms with Gasteiger partial charge in [-0.05, 0) is 33.5 Å². The van der Waals surface area contributed by atoms with Crippen molar-refractivity contribution < 1.29 is 4.42 Å². The zero-order valence-electron chi connectivity index (χ0n) is 8.79. The minimum Gasteiger partial charge on any atom is -0.443 e. The zero-order chi connectivity index (χ0) is 9.97. The van der Waals surface area contributed by atoms with Crippen molar-refractivity contribution in [1.29, 1.82) is 0 Å². The number of hydrogen-bond donors (Lipinski definition) is 1. The molecule has 1 unspecified atom stereocenters. The van der Waals surface area contributed by atoms with Crippen LogP contribution in [0.25, 0.3) is 0 Å². The molecule has 4 nitrogen and oxygen atoms in total. The van der Waals surface area contributed by atoms with Gasteiger partial charge in [0.2, 0.25) is 5.89 Å². The Morgan fingerprint density at radius 1 is 1.71 bits per heavy atom. The Kier molecular flexibility index (Phi) is 2.84. The van der Waals surface area contributed by atoms with Crippen LogP contribution in [0.3, 0.4) is 0 Å². The van der Waals surface area contributed by atoms with Crippen molar-refractivity contribution >= 4 is 0 Å². The molecule has 1 aromatic heterocycles. The quantitative estimate of drug-likeness (QED) is 0.786. The Hall–Kier alpha value is -0.870. The lowest BCUT2D eigenvalue weighted by Crippen LogP contribution is -2.17. The van der Waals surface area contributed by atoms with Gasteiger partial charge in [0.1, 0.15) is 5.76 Å². The van der Waals surface area contributed by atoms with Crippen LogP contribution in [0.5, 0.6) is 0 Å². The lowest BCUT2D eigenvalue weighted by atomic mass is 10.2. The predicted octanol–water partition coefficient (Wildman–Crippen LogP) is 1.16. The summed E-state index contributed by atoms with van der Waals surface area (Å²) in [5.41, 5.74) is 0. The van der Waals surface area contributed by atoms with E-state index in [1.807, 2.05) is 13.2 Å². The Balaban J connectivity index is 2.08. The van der Waals surface area contributed by atoms with E-state index in [9.17, 15) is 0 Å². The van der Waals surface area contributed by atoms with Crippen LogP contribution in [0, 0.1) is 0 Å². The van der Waals surface area contributed by atoms with Gasteiger partial charge in [0, 0.05) is 0 Å². The van der Waals surface area contributed by atoms with Crippen molar-refractivity contribution in [2.75, 3.05) is 20.6 Å². The normalized spacial score (nSPS) is 23.1. The summed E-state index contributed by atoms with van der Waals surface area (Å²) in [5.74, 6) is 1.79. The van der Waals surface area contributed by atoms with Gasteiger partial charge >= 0.3 is 0 Å². The number of oxazole rings is 1. The summed E-state index contributed by atoms with van der Waals surface area (Å²) in [6.07, 6.45) is 4.22. The molecule has 1 aliphatic heterocycles. The third-order valence-electron chi connectivity index (χ3n) is 2.73. The first kappa shape index (κ1) is 9.68. The summed E-state index contributed by atoms with van der Waals surface area (Å²) in [4.78, 5) is 6.62. The molecule has 78 valence electrons. The maximum absolute atomic E-state index is 5.66. The maximum atomic E-state index is 5.66. The van der Waals surface area contributed by atoms with Crippen LogP contribution in [0.1, 0.15) is 30.5 Å². The fourth-order valence-electron chi connectivity index (χ4n) is 1.95. The highest BCUT2D eigenvalue weighted by molar-refractivity contribution is 5.00. The van der Waals surface area contributed by atoms with Crippen molar-refractivity contribution in [3.63, 3.8) is 0 Å². The highest BCUT2D eigenvalue weighted by Gasteiger charge is 2.26. The Morgan fingerprint density at radius 2 is 2.57 bits per heavy atom. The van der Waals surface area contributed by atoms with Crippen molar-refractivity contribution in [3.05, 3.63) is 17.8 Å². The largest absolute Gasteiger partial charge is 0.443 e. The number of likely N-dealkylation sites (tertiary alicyclic amines) is 1. The van der Waals surface area contributed by atoms with E-state index in [0.29, 0.717) is 6.04 Å². The molecule has 1 atom stereocenters. The maximum Gasteiger partial charge on any atom is 0.211 e. The molecule has 1 aliphatic rings. The standard InChI is InChI=1S/C10H17N3O/c1-11-6-8-7-12-10(14-8)9-4-3-5-13(9)2/h7,9,11H,3-6H2,1-2H3. The molecule has 4 heteroatoms. The van der Waals surface area contributed by atoms with E-state index in [1.165, 1.54) is 6.42 Å². The van der Waals surface area contributed by atoms with Crippen LogP contribution in [0.4, 0.5) is 0 Å². The highest BCUT2D eigenvalue weighted by Crippen LogP contribution is 2.29. The summed E-state index contributed by atoms with van der Waals surface area (Å²) >= 11 is 0. The SMILES string of the molecule is CNCc1cnc(C2CCCN2C)o1. The Bertz CT molecular complexity index is 297. The van der Waals surface area contributed by atoms with Crippen LogP contribution < -0.4 is 5.32 Å². The molecule has 14 heavy (non-hydrogen) atoms. The van der Waals surface area contributed by atoms with Gasteiger partial charge in [-0.2, -0.15) is 0 Å². The summed E-state index contributed by atoms with van der Waals surface area (Å²) in [5, 5.41) is 3.05. The number of aromatic nitrogens is 1. The summed E-state index contributed by atoms with van der Waals surface area (Å²) in [6.45, 7) is 1.90. The van der Waals surface area contributed by atoms with Crippen molar-refractivity contribution in [2.45, 2.75) is 25.4 Å². The highest BCUT2D eigenvalue weighted by atomic mass is 16.4. The first-order valence-electron chi connectivity index (χ1n) is 5.10. The molecule has 2 heterocycles. The van der Waals surface area contributed by atoms with E-state index >= 15 is 0 Å². The Morgan fingerprint density at radius 3 is 3.21 bits per heavy atom. The summed E-state index contributed by atoms with van der Waals surface area (Å²) in [6, 6.07) is 0.389. The van der Waals surface area contributed by atoms with E-state index < -0.39 is 0 Å². The molecular weight excluding hydrogens is 178 g/mol. The van der Waals surface area contributed by atoms with Gasteiger partial charge in [0.05, 0.1) is 18.8 Å². The van der Waals surface area contributed by atoms with Gasteiger partial charge in [-0.3, -0.25) is 4.90 Å². The van der Waals surface area contributed by atoms with E-state index in [0.717, 1.165) is 31.2 Å². The van der Waals surface area contributed by atoms with Gasteiger partial charge in [-0.1, -0.05) is 0 Å². The number of nitrogens with zero attached hydrogens (tertiary/aromatic N) is 2. The predicted molar refractivity (Wildman–Crippen MR) is 53.9 cm³/mol. The lowest BCUT2D eigenvalue weighted by Gasteiger charge is -2.15. The van der Waals surface area contributed by atoms with Crippen LogP contribution in [-0.2, 0) is 6.54 Å². The fourth-order valence-corrected chi connectivity index (χ4v) is 1.95. The van der Waals surface area contributed by atoms with E-state index in [2.05, 4.69) is 22.2 Å². The van der Waals surface area contributed by atoms with Crippen LogP contribution in [-0.4, -0.2) is 30.5 Å². The molecule has 0 bridgehead atoms. The summed E-state index contributed by atoms with van der Waals surface area (Å²) < 4.78 is 5.66. The molecule has 0 spiro atoms. The number of hydrogen-bond acceptors (Lipinski definition) is 4. The second-order valence-electron chi connectivity index (χ2n) is 3.83. The average Bonchev–Trinajstić information content (AvgIpc) is 2.74. The van der Waals surface area contributed by atoms with Gasteiger partial charge in [-0.25, -0.2) is 4.98 Å².